The summed E-state index contributed by atoms with van der Waals surface area (Å²) in [6, 6.07) is 3.92. The summed E-state index contributed by atoms with van der Waals surface area (Å²) in [5.41, 5.74) is 0.826. The third-order valence-electron chi connectivity index (χ3n) is 4.39. The Morgan fingerprint density at radius 3 is 3.11 bits per heavy atom. The lowest BCUT2D eigenvalue weighted by Crippen LogP contribution is -2.45. The van der Waals surface area contributed by atoms with Crippen LogP contribution in [-0.2, 0) is 9.53 Å². The number of aromatic nitrogens is 1. The van der Waals surface area contributed by atoms with E-state index in [0.29, 0.717) is 19.6 Å². The van der Waals surface area contributed by atoms with E-state index in [1.807, 2.05) is 18.3 Å². The van der Waals surface area contributed by atoms with Crippen molar-refractivity contribution in [2.75, 3.05) is 13.3 Å². The fourth-order valence-corrected chi connectivity index (χ4v) is 3.35. The quantitative estimate of drug-likeness (QED) is 0.842. The molecule has 0 bridgehead atoms. The van der Waals surface area contributed by atoms with Gasteiger partial charge in [0.15, 0.2) is 0 Å². The van der Waals surface area contributed by atoms with Crippen molar-refractivity contribution in [2.45, 2.75) is 30.8 Å². The molecule has 0 radical (unpaired) electrons. The number of nitrogens with zero attached hydrogens (tertiary/aromatic N) is 1. The van der Waals surface area contributed by atoms with Gasteiger partial charge in [-0.1, -0.05) is 6.07 Å². The lowest BCUT2D eigenvalue weighted by Gasteiger charge is -2.42. The second kappa shape index (κ2) is 4.90. The van der Waals surface area contributed by atoms with Gasteiger partial charge in [0.1, 0.15) is 0 Å². The summed E-state index contributed by atoms with van der Waals surface area (Å²) < 4.78 is 5.94. The number of carbonyl (C=O) groups is 1. The minimum atomic E-state index is -0.699. The first-order chi connectivity index (χ1) is 9.21. The molecule has 2 heterocycles. The summed E-state index contributed by atoms with van der Waals surface area (Å²) in [5.74, 6) is -0.874. The molecular formula is C14H18N2O3. The molecule has 102 valence electrons. The summed E-state index contributed by atoms with van der Waals surface area (Å²) in [5, 5.41) is 12.5. The van der Waals surface area contributed by atoms with Crippen molar-refractivity contribution in [3.8, 4) is 0 Å². The highest BCUT2D eigenvalue weighted by Gasteiger charge is 2.48. The van der Waals surface area contributed by atoms with E-state index < -0.39 is 5.97 Å². The highest BCUT2D eigenvalue weighted by Crippen LogP contribution is 2.46. The largest absolute Gasteiger partial charge is 0.481 e. The van der Waals surface area contributed by atoms with Crippen LogP contribution in [0.1, 0.15) is 30.7 Å². The van der Waals surface area contributed by atoms with Gasteiger partial charge in [-0.3, -0.25) is 15.1 Å². The maximum absolute atomic E-state index is 11.3. The van der Waals surface area contributed by atoms with Crippen LogP contribution >= 0.6 is 0 Å². The van der Waals surface area contributed by atoms with Crippen LogP contribution in [0, 0.1) is 5.92 Å². The summed E-state index contributed by atoms with van der Waals surface area (Å²) in [6.45, 7) is 1.34. The maximum Gasteiger partial charge on any atom is 0.306 e. The Morgan fingerprint density at radius 2 is 2.47 bits per heavy atom. The van der Waals surface area contributed by atoms with Crippen molar-refractivity contribution in [1.82, 2.24) is 10.3 Å². The predicted molar refractivity (Wildman–Crippen MR) is 68.6 cm³/mol. The molecule has 3 rings (SSSR count). The van der Waals surface area contributed by atoms with Crippen LogP contribution in [0.25, 0.3) is 0 Å². The number of rotatable bonds is 2. The van der Waals surface area contributed by atoms with E-state index in [2.05, 4.69) is 10.3 Å². The number of hydrogen-bond donors (Lipinski definition) is 2. The van der Waals surface area contributed by atoms with Gasteiger partial charge in [-0.2, -0.15) is 0 Å². The second-order valence-electron chi connectivity index (χ2n) is 5.43. The topological polar surface area (TPSA) is 71.5 Å². The average molecular weight is 262 g/mol. The zero-order chi connectivity index (χ0) is 13.3. The SMILES string of the molecule is O=C(O)C1CCC2(CNCO2)C(c2cccnc2)C1. The summed E-state index contributed by atoms with van der Waals surface area (Å²) in [4.78, 5) is 15.4. The van der Waals surface area contributed by atoms with Gasteiger partial charge in [-0.25, -0.2) is 0 Å². The molecule has 1 aromatic rings. The number of carboxylic acids is 1. The summed E-state index contributed by atoms with van der Waals surface area (Å²) in [6.07, 6.45) is 5.67. The lowest BCUT2D eigenvalue weighted by atomic mass is 9.68. The number of hydrogen-bond acceptors (Lipinski definition) is 4. The van der Waals surface area contributed by atoms with Crippen LogP contribution in [0.2, 0.25) is 0 Å². The molecule has 19 heavy (non-hydrogen) atoms. The number of ether oxygens (including phenoxy) is 1. The van der Waals surface area contributed by atoms with E-state index in [-0.39, 0.29) is 17.4 Å². The molecule has 1 aliphatic heterocycles. The van der Waals surface area contributed by atoms with Crippen molar-refractivity contribution in [2.24, 2.45) is 5.92 Å². The Bertz CT molecular complexity index is 457. The summed E-state index contributed by atoms with van der Waals surface area (Å²) in [7, 11) is 0. The molecule has 3 atom stereocenters. The van der Waals surface area contributed by atoms with E-state index in [1.165, 1.54) is 0 Å². The lowest BCUT2D eigenvalue weighted by molar-refractivity contribution is -0.145. The van der Waals surface area contributed by atoms with Gasteiger partial charge in [0.2, 0.25) is 0 Å². The Labute approximate surface area is 112 Å². The van der Waals surface area contributed by atoms with Gasteiger partial charge in [0.25, 0.3) is 0 Å². The first-order valence-electron chi connectivity index (χ1n) is 6.69. The molecule has 3 unspecified atom stereocenters. The number of aliphatic carboxylic acids is 1. The van der Waals surface area contributed by atoms with E-state index in [1.54, 1.807) is 6.20 Å². The molecule has 0 aromatic carbocycles. The number of nitrogens with one attached hydrogen (secondary N) is 1. The smallest absolute Gasteiger partial charge is 0.306 e. The zero-order valence-electron chi connectivity index (χ0n) is 10.7. The Balaban J connectivity index is 1.91. The van der Waals surface area contributed by atoms with E-state index in [9.17, 15) is 9.90 Å². The van der Waals surface area contributed by atoms with Gasteiger partial charge in [0.05, 0.1) is 18.2 Å². The van der Waals surface area contributed by atoms with E-state index in [0.717, 1.165) is 18.5 Å². The Kier molecular flexibility index (Phi) is 3.24. The van der Waals surface area contributed by atoms with Gasteiger partial charge < -0.3 is 9.84 Å². The third-order valence-corrected chi connectivity index (χ3v) is 4.39. The standard InChI is InChI=1S/C14H18N2O3/c17-13(18)10-3-4-14(8-16-9-19-14)12(6-10)11-2-1-5-15-7-11/h1-2,5,7,10,12,16H,3-4,6,8-9H2,(H,17,18). The first-order valence-corrected chi connectivity index (χ1v) is 6.69. The number of carboxylic acid groups (broad SMARTS) is 1. The molecular weight excluding hydrogens is 244 g/mol. The molecule has 1 saturated heterocycles. The second-order valence-corrected chi connectivity index (χ2v) is 5.43. The zero-order valence-corrected chi connectivity index (χ0v) is 10.7. The van der Waals surface area contributed by atoms with Gasteiger partial charge >= 0.3 is 5.97 Å². The van der Waals surface area contributed by atoms with Gasteiger partial charge in [0, 0.05) is 24.9 Å². The highest BCUT2D eigenvalue weighted by molar-refractivity contribution is 5.70. The van der Waals surface area contributed by atoms with Crippen molar-refractivity contribution in [3.05, 3.63) is 30.1 Å². The summed E-state index contributed by atoms with van der Waals surface area (Å²) >= 11 is 0. The Morgan fingerprint density at radius 1 is 1.58 bits per heavy atom. The molecule has 0 amide bonds. The minimum absolute atomic E-state index is 0.103. The van der Waals surface area contributed by atoms with Crippen LogP contribution in [0.5, 0.6) is 0 Å². The molecule has 1 spiro atoms. The molecule has 2 aliphatic rings. The molecule has 2 fully saturated rings. The minimum Gasteiger partial charge on any atom is -0.481 e. The number of pyridine rings is 1. The van der Waals surface area contributed by atoms with Crippen LogP contribution in [-0.4, -0.2) is 34.9 Å². The van der Waals surface area contributed by atoms with Crippen LogP contribution < -0.4 is 5.32 Å². The van der Waals surface area contributed by atoms with Crippen molar-refractivity contribution in [3.63, 3.8) is 0 Å². The normalized spacial score (nSPS) is 34.5. The fraction of sp³-hybridized carbons (Fsp3) is 0.571. The highest BCUT2D eigenvalue weighted by atomic mass is 16.5. The Hall–Kier alpha value is -1.46. The molecule has 5 heteroatoms. The third kappa shape index (κ3) is 2.24. The van der Waals surface area contributed by atoms with Crippen molar-refractivity contribution < 1.29 is 14.6 Å². The van der Waals surface area contributed by atoms with Crippen molar-refractivity contribution >= 4 is 5.97 Å². The molecule has 5 nitrogen and oxygen atoms in total. The van der Waals surface area contributed by atoms with Crippen LogP contribution in [0.4, 0.5) is 0 Å². The molecule has 1 saturated carbocycles. The molecule has 1 aromatic heterocycles. The fourth-order valence-electron chi connectivity index (χ4n) is 3.35. The van der Waals surface area contributed by atoms with Crippen LogP contribution in [0.15, 0.2) is 24.5 Å². The average Bonchev–Trinajstić information content (AvgIpc) is 2.89. The van der Waals surface area contributed by atoms with E-state index in [4.69, 9.17) is 4.74 Å². The molecule has 2 N–H and O–H groups in total. The van der Waals surface area contributed by atoms with Crippen molar-refractivity contribution in [1.29, 1.82) is 0 Å². The van der Waals surface area contributed by atoms with E-state index >= 15 is 0 Å². The van der Waals surface area contributed by atoms with Gasteiger partial charge in [-0.05, 0) is 30.9 Å². The monoisotopic (exact) mass is 262 g/mol. The van der Waals surface area contributed by atoms with Gasteiger partial charge in [-0.15, -0.1) is 0 Å². The first kappa shape index (κ1) is 12.6. The van der Waals surface area contributed by atoms with Crippen LogP contribution in [0.3, 0.4) is 0 Å². The molecule has 1 aliphatic carbocycles. The maximum atomic E-state index is 11.3. The predicted octanol–water partition coefficient (Wildman–Crippen LogP) is 1.37.